The van der Waals surface area contributed by atoms with Gasteiger partial charge in [0.2, 0.25) is 11.6 Å². The highest BCUT2D eigenvalue weighted by Crippen LogP contribution is 2.32. The van der Waals surface area contributed by atoms with E-state index in [4.69, 9.17) is 4.74 Å². The number of methoxy groups -OCH3 is 1. The first-order valence-electron chi connectivity index (χ1n) is 10.8. The van der Waals surface area contributed by atoms with E-state index in [1.54, 1.807) is 12.0 Å². The summed E-state index contributed by atoms with van der Waals surface area (Å²) in [5, 5.41) is 23.1. The molecule has 1 aromatic heterocycles. The molecule has 0 radical (unpaired) electrons. The van der Waals surface area contributed by atoms with E-state index in [0.29, 0.717) is 26.2 Å². The first-order chi connectivity index (χ1) is 17.4. The van der Waals surface area contributed by atoms with Crippen LogP contribution in [0.3, 0.4) is 0 Å². The Balaban J connectivity index is 1.48. The van der Waals surface area contributed by atoms with Crippen molar-refractivity contribution in [2.45, 2.75) is 0 Å². The zero-order valence-electron chi connectivity index (χ0n) is 19.2. The zero-order chi connectivity index (χ0) is 25.7. The van der Waals surface area contributed by atoms with Crippen LogP contribution in [0.15, 0.2) is 54.9 Å². The molecule has 2 aromatic carbocycles. The number of hydrogen-bond acceptors (Lipinski definition) is 11. The number of aromatic nitrogens is 2. The van der Waals surface area contributed by atoms with E-state index in [-0.39, 0.29) is 17.2 Å². The Morgan fingerprint density at radius 2 is 1.61 bits per heavy atom. The van der Waals surface area contributed by atoms with E-state index < -0.39 is 27.1 Å². The summed E-state index contributed by atoms with van der Waals surface area (Å²) in [4.78, 5) is 46.2. The summed E-state index contributed by atoms with van der Waals surface area (Å²) in [6, 6.07) is 13.0. The first kappa shape index (κ1) is 24.1. The Morgan fingerprint density at radius 1 is 0.944 bits per heavy atom. The first-order valence-corrected chi connectivity index (χ1v) is 10.8. The number of piperazine rings is 1. The Hall–Kier alpha value is -5.01. The molecule has 14 heteroatoms. The highest BCUT2D eigenvalue weighted by atomic mass is 16.6. The molecule has 0 atom stereocenters. The molecule has 0 aliphatic carbocycles. The van der Waals surface area contributed by atoms with Crippen molar-refractivity contribution in [1.29, 1.82) is 0 Å². The Morgan fingerprint density at radius 3 is 2.25 bits per heavy atom. The normalized spacial score (nSPS) is 13.1. The number of benzene rings is 2. The quantitative estimate of drug-likeness (QED) is 0.348. The van der Waals surface area contributed by atoms with Gasteiger partial charge in [0.25, 0.3) is 11.6 Å². The summed E-state index contributed by atoms with van der Waals surface area (Å²) >= 11 is 0. The topological polar surface area (TPSA) is 169 Å². The summed E-state index contributed by atoms with van der Waals surface area (Å²) in [6.45, 7) is 2.13. The fraction of sp³-hybridized carbons (Fsp3) is 0.227. The molecule has 0 bridgehead atoms. The number of hydrazine groups is 1. The van der Waals surface area contributed by atoms with Crippen LogP contribution in [0.4, 0.5) is 28.7 Å². The molecule has 0 spiro atoms. The van der Waals surface area contributed by atoms with Gasteiger partial charge in [-0.2, -0.15) is 0 Å². The predicted molar refractivity (Wildman–Crippen MR) is 130 cm³/mol. The molecular weight excluding hydrogens is 472 g/mol. The lowest BCUT2D eigenvalue weighted by Gasteiger charge is -2.36. The summed E-state index contributed by atoms with van der Waals surface area (Å²) in [7, 11) is 1.60. The third-order valence-corrected chi connectivity index (χ3v) is 5.64. The maximum atomic E-state index is 12.5. The van der Waals surface area contributed by atoms with Crippen molar-refractivity contribution >= 4 is 34.6 Å². The SMILES string of the molecule is COc1ccc(N2CCN(c3ncnc(NNC(=O)c4ccccc4[N+](=O)[O-])c3[N+](=O)[O-])CC2)cc1. The second-order valence-electron chi connectivity index (χ2n) is 7.68. The molecule has 36 heavy (non-hydrogen) atoms. The van der Waals surface area contributed by atoms with Gasteiger partial charge in [-0.3, -0.25) is 35.9 Å². The van der Waals surface area contributed by atoms with Gasteiger partial charge in [-0.1, -0.05) is 12.1 Å². The number of carbonyl (C=O) groups is 1. The van der Waals surface area contributed by atoms with E-state index in [1.165, 1.54) is 24.3 Å². The van der Waals surface area contributed by atoms with Crippen molar-refractivity contribution in [2.24, 2.45) is 0 Å². The maximum absolute atomic E-state index is 12.5. The molecule has 1 amide bonds. The Labute approximate surface area is 204 Å². The van der Waals surface area contributed by atoms with Crippen LogP contribution in [-0.2, 0) is 0 Å². The lowest BCUT2D eigenvalue weighted by atomic mass is 10.2. The maximum Gasteiger partial charge on any atom is 0.355 e. The number of nitro benzene ring substituents is 1. The fourth-order valence-corrected chi connectivity index (χ4v) is 3.84. The van der Waals surface area contributed by atoms with Gasteiger partial charge in [-0.25, -0.2) is 9.97 Å². The van der Waals surface area contributed by atoms with Gasteiger partial charge in [0.05, 0.1) is 17.0 Å². The molecule has 1 aliphatic heterocycles. The third-order valence-electron chi connectivity index (χ3n) is 5.64. The minimum Gasteiger partial charge on any atom is -0.497 e. The van der Waals surface area contributed by atoms with E-state index in [9.17, 15) is 25.0 Å². The number of nitro groups is 2. The predicted octanol–water partition coefficient (Wildman–Crippen LogP) is 2.39. The number of para-hydroxylation sites is 1. The molecule has 186 valence electrons. The van der Waals surface area contributed by atoms with Gasteiger partial charge < -0.3 is 14.5 Å². The van der Waals surface area contributed by atoms with Crippen molar-refractivity contribution in [2.75, 3.05) is 48.5 Å². The minimum absolute atomic E-state index is 0.104. The number of ether oxygens (including phenoxy) is 1. The van der Waals surface area contributed by atoms with Crippen LogP contribution in [0.5, 0.6) is 5.75 Å². The smallest absolute Gasteiger partial charge is 0.355 e. The van der Waals surface area contributed by atoms with Crippen LogP contribution >= 0.6 is 0 Å². The van der Waals surface area contributed by atoms with Gasteiger partial charge in [0.15, 0.2) is 0 Å². The van der Waals surface area contributed by atoms with Crippen LogP contribution in [0.1, 0.15) is 10.4 Å². The second kappa shape index (κ2) is 10.5. The monoisotopic (exact) mass is 494 g/mol. The molecule has 3 aromatic rings. The second-order valence-corrected chi connectivity index (χ2v) is 7.68. The summed E-state index contributed by atoms with van der Waals surface area (Å²) in [5.74, 6) is -0.228. The van der Waals surface area contributed by atoms with Crippen LogP contribution < -0.4 is 25.4 Å². The molecule has 4 rings (SSSR count). The number of rotatable bonds is 8. The van der Waals surface area contributed by atoms with Crippen LogP contribution in [0.25, 0.3) is 0 Å². The molecule has 2 heterocycles. The van der Waals surface area contributed by atoms with Gasteiger partial charge in [-0.05, 0) is 30.3 Å². The molecule has 1 aliphatic rings. The van der Waals surface area contributed by atoms with Crippen molar-refractivity contribution in [1.82, 2.24) is 15.4 Å². The minimum atomic E-state index is -0.843. The van der Waals surface area contributed by atoms with Crippen LogP contribution in [0, 0.1) is 20.2 Å². The number of carbonyl (C=O) groups excluding carboxylic acids is 1. The summed E-state index contributed by atoms with van der Waals surface area (Å²) in [6.07, 6.45) is 1.15. The number of hydrogen-bond donors (Lipinski definition) is 2. The summed E-state index contributed by atoms with van der Waals surface area (Å²) in [5.41, 5.74) is 4.65. The summed E-state index contributed by atoms with van der Waals surface area (Å²) < 4.78 is 5.19. The van der Waals surface area contributed by atoms with Crippen molar-refractivity contribution < 1.29 is 19.4 Å². The average molecular weight is 494 g/mol. The highest BCUT2D eigenvalue weighted by molar-refractivity contribution is 5.98. The molecule has 0 unspecified atom stereocenters. The number of anilines is 3. The van der Waals surface area contributed by atoms with Gasteiger partial charge >= 0.3 is 5.69 Å². The zero-order valence-corrected chi connectivity index (χ0v) is 19.2. The lowest BCUT2D eigenvalue weighted by molar-refractivity contribution is -0.385. The van der Waals surface area contributed by atoms with Crippen molar-refractivity contribution in [3.63, 3.8) is 0 Å². The van der Waals surface area contributed by atoms with Crippen LogP contribution in [-0.4, -0.2) is 59.0 Å². The molecule has 1 saturated heterocycles. The standard InChI is InChI=1S/C22H22N8O6/c1-36-16-8-6-15(7-9-16)27-10-12-28(13-11-27)21-19(30(34)35)20(23-14-24-21)25-26-22(31)17-4-2-3-5-18(17)29(32)33/h2-9,14H,10-13H2,1H3,(H,26,31)(H,23,24,25). The molecule has 0 saturated carbocycles. The van der Waals surface area contributed by atoms with E-state index >= 15 is 0 Å². The fourth-order valence-electron chi connectivity index (χ4n) is 3.84. The van der Waals surface area contributed by atoms with Crippen molar-refractivity contribution in [3.05, 3.63) is 80.7 Å². The van der Waals surface area contributed by atoms with Gasteiger partial charge in [0.1, 0.15) is 17.6 Å². The third kappa shape index (κ3) is 5.06. The Kier molecular flexibility index (Phi) is 7.04. The molecule has 1 fully saturated rings. The molecule has 2 N–H and O–H groups in total. The van der Waals surface area contributed by atoms with E-state index in [0.717, 1.165) is 17.8 Å². The highest BCUT2D eigenvalue weighted by Gasteiger charge is 2.30. The Bertz CT molecular complexity index is 1280. The van der Waals surface area contributed by atoms with Crippen molar-refractivity contribution in [3.8, 4) is 5.75 Å². The lowest BCUT2D eigenvalue weighted by Crippen LogP contribution is -2.47. The number of amides is 1. The number of nitrogens with zero attached hydrogens (tertiary/aromatic N) is 6. The largest absolute Gasteiger partial charge is 0.497 e. The van der Waals surface area contributed by atoms with E-state index in [1.807, 2.05) is 24.3 Å². The molecule has 14 nitrogen and oxygen atoms in total. The van der Waals surface area contributed by atoms with Gasteiger partial charge in [-0.15, -0.1) is 0 Å². The van der Waals surface area contributed by atoms with Crippen LogP contribution in [0.2, 0.25) is 0 Å². The molecular formula is C22H22N8O6. The number of nitrogens with one attached hydrogen (secondary N) is 2. The van der Waals surface area contributed by atoms with Gasteiger partial charge in [0, 0.05) is 37.9 Å². The van der Waals surface area contributed by atoms with E-state index in [2.05, 4.69) is 25.7 Å². The average Bonchev–Trinajstić information content (AvgIpc) is 2.91.